The molecule has 3 nitrogen and oxygen atoms in total. The lowest BCUT2D eigenvalue weighted by Gasteiger charge is -2.15. The molecule has 0 aliphatic heterocycles. The molecular formula is C23H24ClNO2. The molecule has 0 aromatic heterocycles. The van der Waals surface area contributed by atoms with Crippen molar-refractivity contribution in [2.75, 3.05) is 7.11 Å². The molecule has 0 aliphatic carbocycles. The van der Waals surface area contributed by atoms with Crippen LogP contribution in [0.1, 0.15) is 22.3 Å². The summed E-state index contributed by atoms with van der Waals surface area (Å²) < 4.78 is 11.5. The van der Waals surface area contributed by atoms with E-state index in [9.17, 15) is 0 Å². The van der Waals surface area contributed by atoms with E-state index >= 15 is 0 Å². The second-order valence-electron chi connectivity index (χ2n) is 6.40. The number of ether oxygens (including phenoxy) is 2. The molecule has 0 unspecified atom stereocenters. The van der Waals surface area contributed by atoms with Gasteiger partial charge in [-0.3, -0.25) is 0 Å². The third kappa shape index (κ3) is 5.25. The first-order valence-corrected chi connectivity index (χ1v) is 9.33. The first-order chi connectivity index (χ1) is 13.2. The quantitative estimate of drug-likeness (QED) is 0.556. The van der Waals surface area contributed by atoms with E-state index in [2.05, 4.69) is 36.5 Å². The third-order valence-electron chi connectivity index (χ3n) is 4.46. The van der Waals surface area contributed by atoms with Gasteiger partial charge in [-0.25, -0.2) is 0 Å². The van der Waals surface area contributed by atoms with E-state index in [-0.39, 0.29) is 0 Å². The van der Waals surface area contributed by atoms with Gasteiger partial charge in [0.15, 0.2) is 11.5 Å². The van der Waals surface area contributed by atoms with Crippen LogP contribution in [0.2, 0.25) is 5.02 Å². The van der Waals surface area contributed by atoms with E-state index < -0.39 is 0 Å². The van der Waals surface area contributed by atoms with E-state index in [1.54, 1.807) is 7.11 Å². The van der Waals surface area contributed by atoms with Crippen molar-refractivity contribution < 1.29 is 9.47 Å². The molecule has 140 valence electrons. The van der Waals surface area contributed by atoms with E-state index in [0.29, 0.717) is 29.7 Å². The molecule has 0 aliphatic rings. The van der Waals surface area contributed by atoms with Crippen molar-refractivity contribution in [2.45, 2.75) is 26.6 Å². The van der Waals surface area contributed by atoms with Gasteiger partial charge in [0.25, 0.3) is 0 Å². The Kier molecular flexibility index (Phi) is 6.74. The van der Waals surface area contributed by atoms with Gasteiger partial charge in [0.05, 0.1) is 7.11 Å². The summed E-state index contributed by atoms with van der Waals surface area (Å²) in [5.41, 5.74) is 4.56. The predicted molar refractivity (Wildman–Crippen MR) is 111 cm³/mol. The Morgan fingerprint density at radius 2 is 1.59 bits per heavy atom. The molecule has 0 atom stereocenters. The number of halogens is 1. The van der Waals surface area contributed by atoms with Crippen LogP contribution in [-0.4, -0.2) is 7.11 Å². The summed E-state index contributed by atoms with van der Waals surface area (Å²) in [6.07, 6.45) is 0. The maximum Gasteiger partial charge on any atom is 0.163 e. The molecule has 0 saturated heterocycles. The van der Waals surface area contributed by atoms with Crippen molar-refractivity contribution >= 4 is 11.6 Å². The van der Waals surface area contributed by atoms with Crippen molar-refractivity contribution in [3.8, 4) is 11.5 Å². The van der Waals surface area contributed by atoms with Crippen molar-refractivity contribution in [3.05, 3.63) is 94.0 Å². The molecule has 3 aromatic carbocycles. The predicted octanol–water partition coefficient (Wildman–Crippen LogP) is 5.53. The van der Waals surface area contributed by atoms with Gasteiger partial charge in [-0.05, 0) is 35.2 Å². The fourth-order valence-corrected chi connectivity index (χ4v) is 3.07. The molecule has 3 rings (SSSR count). The van der Waals surface area contributed by atoms with Crippen LogP contribution < -0.4 is 14.8 Å². The number of hydrogen-bond donors (Lipinski definition) is 1. The smallest absolute Gasteiger partial charge is 0.163 e. The van der Waals surface area contributed by atoms with Crippen LogP contribution in [0.25, 0.3) is 0 Å². The number of benzene rings is 3. The van der Waals surface area contributed by atoms with Crippen LogP contribution in [0, 0.1) is 6.92 Å². The van der Waals surface area contributed by atoms with Crippen LogP contribution in [0.3, 0.4) is 0 Å². The highest BCUT2D eigenvalue weighted by Crippen LogP contribution is 2.34. The molecule has 4 heteroatoms. The number of rotatable bonds is 8. The summed E-state index contributed by atoms with van der Waals surface area (Å²) >= 11 is 6.48. The van der Waals surface area contributed by atoms with Gasteiger partial charge in [-0.15, -0.1) is 0 Å². The second kappa shape index (κ2) is 9.45. The molecule has 0 saturated carbocycles. The minimum absolute atomic E-state index is 0.477. The summed E-state index contributed by atoms with van der Waals surface area (Å²) in [6.45, 7) is 3.99. The highest BCUT2D eigenvalue weighted by molar-refractivity contribution is 6.31. The van der Waals surface area contributed by atoms with E-state index in [1.165, 1.54) is 11.1 Å². The topological polar surface area (TPSA) is 30.5 Å². The molecular weight excluding hydrogens is 358 g/mol. The number of hydrogen-bond acceptors (Lipinski definition) is 3. The number of aryl methyl sites for hydroxylation is 1. The Hall–Kier alpha value is -2.49. The van der Waals surface area contributed by atoms with Crippen LogP contribution in [0.4, 0.5) is 0 Å². The maximum atomic E-state index is 6.48. The molecule has 0 bridgehead atoms. The Bertz CT molecular complexity index is 881. The van der Waals surface area contributed by atoms with Crippen molar-refractivity contribution in [1.29, 1.82) is 0 Å². The largest absolute Gasteiger partial charge is 0.493 e. The Labute approximate surface area is 165 Å². The van der Waals surface area contributed by atoms with Gasteiger partial charge < -0.3 is 14.8 Å². The Balaban J connectivity index is 1.66. The third-order valence-corrected chi connectivity index (χ3v) is 4.82. The van der Waals surface area contributed by atoms with Gasteiger partial charge in [0, 0.05) is 24.2 Å². The highest BCUT2D eigenvalue weighted by atomic mass is 35.5. The number of nitrogens with one attached hydrogen (secondary N) is 1. The summed E-state index contributed by atoms with van der Waals surface area (Å²) in [5.74, 6) is 1.34. The lowest BCUT2D eigenvalue weighted by atomic mass is 10.1. The van der Waals surface area contributed by atoms with E-state index in [0.717, 1.165) is 17.7 Å². The van der Waals surface area contributed by atoms with Crippen LogP contribution in [0.5, 0.6) is 11.5 Å². The Morgan fingerprint density at radius 3 is 2.33 bits per heavy atom. The average Bonchev–Trinajstić information content (AvgIpc) is 2.69. The van der Waals surface area contributed by atoms with Crippen LogP contribution >= 0.6 is 11.6 Å². The first kappa shape index (κ1) is 19.3. The second-order valence-corrected chi connectivity index (χ2v) is 6.81. The summed E-state index contributed by atoms with van der Waals surface area (Å²) in [6, 6.07) is 22.2. The minimum Gasteiger partial charge on any atom is -0.493 e. The summed E-state index contributed by atoms with van der Waals surface area (Å²) in [7, 11) is 1.64. The SMILES string of the molecule is COc1cc(CNCc2ccccc2)c(Cl)cc1OCc1ccccc1C. The highest BCUT2D eigenvalue weighted by Gasteiger charge is 2.11. The van der Waals surface area contributed by atoms with Gasteiger partial charge in [-0.2, -0.15) is 0 Å². The molecule has 3 aromatic rings. The minimum atomic E-state index is 0.477. The van der Waals surface area contributed by atoms with Gasteiger partial charge >= 0.3 is 0 Å². The number of methoxy groups -OCH3 is 1. The van der Waals surface area contributed by atoms with Gasteiger partial charge in [0.1, 0.15) is 6.61 Å². The molecule has 0 radical (unpaired) electrons. The van der Waals surface area contributed by atoms with Crippen LogP contribution in [-0.2, 0) is 19.7 Å². The van der Waals surface area contributed by atoms with Gasteiger partial charge in [-0.1, -0.05) is 66.2 Å². The maximum absolute atomic E-state index is 6.48. The molecule has 1 N–H and O–H groups in total. The molecule has 0 spiro atoms. The lowest BCUT2D eigenvalue weighted by Crippen LogP contribution is -2.13. The van der Waals surface area contributed by atoms with E-state index in [1.807, 2.05) is 42.5 Å². The lowest BCUT2D eigenvalue weighted by molar-refractivity contribution is 0.283. The molecule has 0 amide bonds. The normalized spacial score (nSPS) is 10.6. The zero-order valence-electron chi connectivity index (χ0n) is 15.7. The summed E-state index contributed by atoms with van der Waals surface area (Å²) in [5, 5.41) is 4.08. The monoisotopic (exact) mass is 381 g/mol. The first-order valence-electron chi connectivity index (χ1n) is 8.95. The van der Waals surface area contributed by atoms with Gasteiger partial charge in [0.2, 0.25) is 0 Å². The van der Waals surface area contributed by atoms with Crippen molar-refractivity contribution in [3.63, 3.8) is 0 Å². The van der Waals surface area contributed by atoms with Crippen LogP contribution in [0.15, 0.2) is 66.7 Å². The zero-order chi connectivity index (χ0) is 19.1. The molecule has 0 heterocycles. The van der Waals surface area contributed by atoms with Crippen molar-refractivity contribution in [1.82, 2.24) is 5.32 Å². The zero-order valence-corrected chi connectivity index (χ0v) is 16.4. The fourth-order valence-electron chi connectivity index (χ4n) is 2.85. The standard InChI is InChI=1S/C23H24ClNO2/c1-17-8-6-7-11-19(17)16-27-23-13-21(24)20(12-22(23)26-2)15-25-14-18-9-4-3-5-10-18/h3-13,25H,14-16H2,1-2H3. The van der Waals surface area contributed by atoms with E-state index in [4.69, 9.17) is 21.1 Å². The van der Waals surface area contributed by atoms with Crippen molar-refractivity contribution in [2.24, 2.45) is 0 Å². The average molecular weight is 382 g/mol. The Morgan fingerprint density at radius 1 is 0.852 bits per heavy atom. The summed E-state index contributed by atoms with van der Waals surface area (Å²) in [4.78, 5) is 0. The fraction of sp³-hybridized carbons (Fsp3) is 0.217. The molecule has 27 heavy (non-hydrogen) atoms. The molecule has 0 fully saturated rings.